The number of ether oxygens (including phenoxy) is 4. The van der Waals surface area contributed by atoms with Crippen molar-refractivity contribution >= 4 is 61.1 Å². The van der Waals surface area contributed by atoms with E-state index in [4.69, 9.17) is 23.5 Å². The maximum atomic E-state index is 12.5. The summed E-state index contributed by atoms with van der Waals surface area (Å²) in [4.78, 5) is 36.4. The molecule has 60 heavy (non-hydrogen) atoms. The zero-order chi connectivity index (χ0) is 44.3. The molecule has 23 nitrogen and oxygen atoms in total. The highest BCUT2D eigenvalue weighted by atomic mass is 33.1. The molecule has 3 fully saturated rings. The molecule has 3 aliphatic rings. The average Bonchev–Trinajstić information content (AvgIpc) is 3.71. The molecule has 15 atom stereocenters. The lowest BCUT2D eigenvalue weighted by Crippen LogP contribution is -2.68. The highest BCUT2D eigenvalue weighted by Crippen LogP contribution is 2.40. The Hall–Kier alpha value is -2.48. The van der Waals surface area contributed by atoms with Crippen LogP contribution in [0, 0.1) is 0 Å². The number of rotatable bonds is 22. The van der Waals surface area contributed by atoms with Crippen LogP contribution in [0.15, 0.2) is 24.3 Å². The molecule has 0 aromatic heterocycles. The molecule has 4 rings (SSSR count). The van der Waals surface area contributed by atoms with E-state index in [-0.39, 0.29) is 12.5 Å². The standard InChI is InChI=1S/C34H53N3O20S3/c1-15(38)36-23-30(56-34-29(47)27(45)28(46)31(57-34)32(48)49)26(44)21(14-54-60(50,51)52)55-33(23)53-13-20(40)25(43)24(42)19(39)12-35-16-5-4-6-17(11-16)37-22(41)8-3-2-7-18-9-10-58-59-18/h4-6,11,18-21,23-31,33-35,39-40,42-47H,2-3,7-10,12-14H2,1H3,(H,36,38)(H,37,41)(H,48,49)(H,50,51,52)/t18?,19-,20+,21+,23+,24+,25+,26-,27-,28-,29+,30+,31-,33-,34+/m0/s1. The summed E-state index contributed by atoms with van der Waals surface area (Å²) >= 11 is 0. The Kier molecular flexibility index (Phi) is 19.5. The van der Waals surface area contributed by atoms with E-state index in [9.17, 15) is 68.8 Å². The summed E-state index contributed by atoms with van der Waals surface area (Å²) < 4.78 is 57.9. The number of carboxylic acid groups (broad SMARTS) is 1. The van der Waals surface area contributed by atoms with Crippen molar-refractivity contribution in [1.82, 2.24) is 5.32 Å². The fourth-order valence-corrected chi connectivity index (χ4v) is 9.80. The number of nitrogens with one attached hydrogen (secondary N) is 3. The van der Waals surface area contributed by atoms with E-state index in [0.29, 0.717) is 23.0 Å². The van der Waals surface area contributed by atoms with Crippen LogP contribution in [0.1, 0.15) is 39.0 Å². The van der Waals surface area contributed by atoms with Gasteiger partial charge in [-0.05, 0) is 37.5 Å². The number of amides is 2. The molecule has 1 aromatic rings. The maximum Gasteiger partial charge on any atom is 0.397 e. The van der Waals surface area contributed by atoms with Gasteiger partial charge in [-0.25, -0.2) is 8.98 Å². The second-order valence-corrected chi connectivity index (χ2v) is 18.2. The molecule has 13 N–H and O–H groups in total. The molecular weight excluding hydrogens is 867 g/mol. The van der Waals surface area contributed by atoms with Crippen molar-refractivity contribution < 1.29 is 96.4 Å². The van der Waals surface area contributed by atoms with Gasteiger partial charge < -0.3 is 80.9 Å². The van der Waals surface area contributed by atoms with Gasteiger partial charge in [-0.2, -0.15) is 8.42 Å². The van der Waals surface area contributed by atoms with Gasteiger partial charge in [0.1, 0.15) is 61.0 Å². The van der Waals surface area contributed by atoms with Crippen LogP contribution in [-0.2, 0) is 47.9 Å². The predicted octanol–water partition coefficient (Wildman–Crippen LogP) is -3.10. The van der Waals surface area contributed by atoms with E-state index in [1.54, 1.807) is 24.3 Å². The number of unbranched alkanes of at least 4 members (excludes halogenated alkanes) is 1. The zero-order valence-electron chi connectivity index (χ0n) is 32.1. The van der Waals surface area contributed by atoms with E-state index in [1.165, 1.54) is 6.42 Å². The summed E-state index contributed by atoms with van der Waals surface area (Å²) in [5.74, 6) is -1.63. The summed E-state index contributed by atoms with van der Waals surface area (Å²) in [6.45, 7) is -1.46. The molecule has 3 saturated heterocycles. The van der Waals surface area contributed by atoms with Crippen LogP contribution in [-0.4, -0.2) is 193 Å². The molecule has 0 saturated carbocycles. The van der Waals surface area contributed by atoms with Crippen molar-refractivity contribution in [1.29, 1.82) is 0 Å². The third-order valence-electron chi connectivity index (χ3n) is 9.67. The Labute approximate surface area is 352 Å². The zero-order valence-corrected chi connectivity index (χ0v) is 34.6. The largest absolute Gasteiger partial charge is 0.479 e. The number of anilines is 2. The SMILES string of the molecule is CC(=O)N[C@H]1[C@@H](OC[C@@H](O)[C@@H](O)[C@H](O)[C@@H](O)CNc2cccc(NC(=O)CCCCC3CCSS3)c2)O[C@H](COS(=O)(=O)O)[C@H](O)[C@@H]1O[C@@H]1O[C@H](C(=O)O)[C@@H](O)[C@H](O)[C@H]1O. The van der Waals surface area contributed by atoms with Gasteiger partial charge in [-0.15, -0.1) is 0 Å². The summed E-state index contributed by atoms with van der Waals surface area (Å²) in [7, 11) is -1.39. The van der Waals surface area contributed by atoms with E-state index < -0.39 is 121 Å². The lowest BCUT2D eigenvalue weighted by Gasteiger charge is -2.47. The number of carboxylic acids is 1. The predicted molar refractivity (Wildman–Crippen MR) is 209 cm³/mol. The van der Waals surface area contributed by atoms with E-state index in [0.717, 1.165) is 31.9 Å². The van der Waals surface area contributed by atoms with Gasteiger partial charge in [0, 0.05) is 42.3 Å². The number of hydrogen-bond acceptors (Lipinski definition) is 21. The maximum absolute atomic E-state index is 12.5. The normalized spacial score (nSPS) is 31.7. The Bertz CT molecular complexity index is 1660. The van der Waals surface area contributed by atoms with E-state index in [1.807, 2.05) is 21.6 Å². The average molecular weight is 920 g/mol. The lowest BCUT2D eigenvalue weighted by molar-refractivity contribution is -0.341. The van der Waals surface area contributed by atoms with Gasteiger partial charge in [0.05, 0.1) is 19.3 Å². The smallest absolute Gasteiger partial charge is 0.397 e. The molecule has 1 aromatic carbocycles. The highest BCUT2D eigenvalue weighted by molar-refractivity contribution is 8.77. The van der Waals surface area contributed by atoms with Crippen molar-refractivity contribution in [2.45, 2.75) is 130 Å². The van der Waals surface area contributed by atoms with Crippen molar-refractivity contribution in [3.63, 3.8) is 0 Å². The topological polar surface area (TPSA) is 370 Å². The van der Waals surface area contributed by atoms with Crippen molar-refractivity contribution in [2.24, 2.45) is 0 Å². The van der Waals surface area contributed by atoms with Gasteiger partial charge in [0.2, 0.25) is 11.8 Å². The van der Waals surface area contributed by atoms with Crippen molar-refractivity contribution in [3.05, 3.63) is 24.3 Å². The first-order valence-electron chi connectivity index (χ1n) is 18.8. The number of aliphatic hydroxyl groups is 8. The fourth-order valence-electron chi connectivity index (χ4n) is 6.46. The Morgan fingerprint density at radius 3 is 2.28 bits per heavy atom. The molecule has 3 heterocycles. The van der Waals surface area contributed by atoms with Crippen LogP contribution in [0.2, 0.25) is 0 Å². The van der Waals surface area contributed by atoms with Crippen molar-refractivity contribution in [2.75, 3.05) is 36.1 Å². The number of aliphatic hydroxyl groups excluding tert-OH is 8. The minimum absolute atomic E-state index is 0.162. The molecule has 2 amide bonds. The highest BCUT2D eigenvalue weighted by Gasteiger charge is 2.53. The van der Waals surface area contributed by atoms with Crippen LogP contribution in [0.5, 0.6) is 0 Å². The molecule has 0 aliphatic carbocycles. The Morgan fingerprint density at radius 2 is 1.63 bits per heavy atom. The summed E-state index contributed by atoms with van der Waals surface area (Å²) in [6.07, 6.45) is -22.0. The van der Waals surface area contributed by atoms with Crippen molar-refractivity contribution in [3.8, 4) is 0 Å². The number of carbonyl (C=O) groups is 3. The summed E-state index contributed by atoms with van der Waals surface area (Å²) in [5, 5.41) is 103. The van der Waals surface area contributed by atoms with Gasteiger partial charge in [-0.1, -0.05) is 34.1 Å². The minimum atomic E-state index is -5.15. The fraction of sp³-hybridized carbons (Fsp3) is 0.735. The van der Waals surface area contributed by atoms with Crippen LogP contribution in [0.25, 0.3) is 0 Å². The van der Waals surface area contributed by atoms with Gasteiger partial charge in [-0.3, -0.25) is 14.1 Å². The number of carbonyl (C=O) groups excluding carboxylic acids is 2. The first kappa shape index (κ1) is 50.2. The van der Waals surface area contributed by atoms with Gasteiger partial charge in [0.25, 0.3) is 0 Å². The molecule has 1 unspecified atom stereocenters. The lowest BCUT2D eigenvalue weighted by atomic mass is 9.95. The summed E-state index contributed by atoms with van der Waals surface area (Å²) in [5.41, 5.74) is 0.918. The Morgan fingerprint density at radius 1 is 0.933 bits per heavy atom. The number of hydrogen-bond donors (Lipinski definition) is 13. The molecule has 0 bridgehead atoms. The quantitative estimate of drug-likeness (QED) is 0.0311. The van der Waals surface area contributed by atoms with Crippen LogP contribution in [0.3, 0.4) is 0 Å². The Balaban J connectivity index is 1.36. The molecule has 0 radical (unpaired) electrons. The molecule has 0 spiro atoms. The molecular formula is C34H53N3O20S3. The van der Waals surface area contributed by atoms with E-state index >= 15 is 0 Å². The van der Waals surface area contributed by atoms with Crippen LogP contribution in [0.4, 0.5) is 11.4 Å². The van der Waals surface area contributed by atoms with E-state index in [2.05, 4.69) is 20.1 Å². The van der Waals surface area contributed by atoms with Crippen LogP contribution < -0.4 is 16.0 Å². The van der Waals surface area contributed by atoms with Gasteiger partial charge >= 0.3 is 16.4 Å². The molecule has 342 valence electrons. The number of benzene rings is 1. The second kappa shape index (κ2) is 23.3. The second-order valence-electron chi connectivity index (χ2n) is 14.3. The first-order valence-corrected chi connectivity index (χ1v) is 22.6. The molecule has 3 aliphatic heterocycles. The monoisotopic (exact) mass is 919 g/mol. The number of aliphatic carboxylic acids is 1. The molecule has 26 heteroatoms. The minimum Gasteiger partial charge on any atom is -0.479 e. The third kappa shape index (κ3) is 14.8. The first-order chi connectivity index (χ1) is 28.2. The third-order valence-corrected chi connectivity index (χ3v) is 13.1. The summed E-state index contributed by atoms with van der Waals surface area (Å²) in [6, 6.07) is 4.83. The van der Waals surface area contributed by atoms with Crippen LogP contribution >= 0.6 is 21.6 Å². The van der Waals surface area contributed by atoms with Gasteiger partial charge in [0.15, 0.2) is 18.7 Å².